The fourth-order valence-electron chi connectivity index (χ4n) is 4.09. The van der Waals surface area contributed by atoms with E-state index >= 15 is 0 Å². The van der Waals surface area contributed by atoms with Crippen LogP contribution in [-0.2, 0) is 17.6 Å². The van der Waals surface area contributed by atoms with E-state index in [0.29, 0.717) is 35.4 Å². The van der Waals surface area contributed by atoms with E-state index in [0.717, 1.165) is 43.6 Å². The van der Waals surface area contributed by atoms with Crippen LogP contribution >= 0.6 is 0 Å². The average molecular weight is 462 g/mol. The number of hydrogen-bond acceptors (Lipinski definition) is 7. The van der Waals surface area contributed by atoms with Gasteiger partial charge in [0.05, 0.1) is 12.1 Å². The van der Waals surface area contributed by atoms with Gasteiger partial charge in [-0.15, -0.1) is 0 Å². The van der Waals surface area contributed by atoms with Gasteiger partial charge >= 0.3 is 0 Å². The normalized spacial score (nSPS) is 19.3. The second kappa shape index (κ2) is 9.80. The van der Waals surface area contributed by atoms with Crippen LogP contribution < -0.4 is 15.5 Å². The summed E-state index contributed by atoms with van der Waals surface area (Å²) < 4.78 is 25.9. The van der Waals surface area contributed by atoms with Gasteiger partial charge < -0.3 is 25.2 Å². The molecule has 1 aromatic carbocycles. The lowest BCUT2D eigenvalue weighted by Crippen LogP contribution is -2.38. The number of rotatable bonds is 11. The molecule has 0 amide bonds. The smallest absolute Gasteiger partial charge is 0.227 e. The minimum Gasteiger partial charge on any atom is -0.611 e. The average Bonchev–Trinajstić information content (AvgIpc) is 3.47. The number of hydrogen-bond donors (Lipinski definition) is 3. The third-order valence-corrected chi connectivity index (χ3v) is 7.63. The number of halogens is 1. The Morgan fingerprint density at radius 3 is 2.62 bits per heavy atom. The van der Waals surface area contributed by atoms with Gasteiger partial charge in [0, 0.05) is 31.2 Å². The van der Waals surface area contributed by atoms with Crippen LogP contribution in [0.3, 0.4) is 0 Å². The number of aliphatic hydroxyl groups is 1. The fourth-order valence-corrected chi connectivity index (χ4v) is 5.40. The van der Waals surface area contributed by atoms with E-state index in [1.165, 1.54) is 12.1 Å². The van der Waals surface area contributed by atoms with Crippen LogP contribution in [0.15, 0.2) is 29.2 Å². The molecule has 32 heavy (non-hydrogen) atoms. The van der Waals surface area contributed by atoms with Gasteiger partial charge in [-0.2, -0.15) is 4.98 Å². The molecular formula is C23H32FN5O2S. The van der Waals surface area contributed by atoms with Gasteiger partial charge in [0.25, 0.3) is 0 Å². The van der Waals surface area contributed by atoms with Gasteiger partial charge in [-0.3, -0.25) is 0 Å². The van der Waals surface area contributed by atoms with E-state index in [2.05, 4.69) is 29.4 Å². The molecule has 2 atom stereocenters. The van der Waals surface area contributed by atoms with Crippen molar-refractivity contribution >= 4 is 28.6 Å². The largest absolute Gasteiger partial charge is 0.611 e. The highest BCUT2D eigenvalue weighted by Gasteiger charge is 2.45. The van der Waals surface area contributed by atoms with Crippen molar-refractivity contribution in [2.75, 3.05) is 41.0 Å². The summed E-state index contributed by atoms with van der Waals surface area (Å²) >= 11 is -1.11. The SMILES string of the molecule is CCCC(CN(CC)c1nc2c(c(NC3(CO)CC3)n1)[S+]([O-])CC2)Nc1ccc(F)cc1. The van der Waals surface area contributed by atoms with E-state index in [4.69, 9.17) is 9.97 Å². The third kappa shape index (κ3) is 5.10. The van der Waals surface area contributed by atoms with Gasteiger partial charge in [-0.1, -0.05) is 13.3 Å². The Morgan fingerprint density at radius 2 is 2.00 bits per heavy atom. The van der Waals surface area contributed by atoms with Crippen LogP contribution in [0.2, 0.25) is 0 Å². The van der Waals surface area contributed by atoms with E-state index < -0.39 is 11.2 Å². The van der Waals surface area contributed by atoms with Crippen LogP contribution in [0.25, 0.3) is 0 Å². The Bertz CT molecular complexity index is 925. The first kappa shape index (κ1) is 23.1. The molecule has 3 N–H and O–H groups in total. The summed E-state index contributed by atoms with van der Waals surface area (Å²) in [5, 5.41) is 16.7. The number of benzene rings is 1. The highest BCUT2D eigenvalue weighted by Crippen LogP contribution is 2.41. The lowest BCUT2D eigenvalue weighted by Gasteiger charge is -2.29. The molecule has 9 heteroatoms. The number of nitrogens with one attached hydrogen (secondary N) is 2. The second-order valence-electron chi connectivity index (χ2n) is 8.69. The predicted octanol–water partition coefficient (Wildman–Crippen LogP) is 3.32. The van der Waals surface area contributed by atoms with Crippen molar-refractivity contribution in [3.63, 3.8) is 0 Å². The van der Waals surface area contributed by atoms with Crippen molar-refractivity contribution in [1.29, 1.82) is 0 Å². The van der Waals surface area contributed by atoms with Crippen LogP contribution in [0.5, 0.6) is 0 Å². The van der Waals surface area contributed by atoms with E-state index in [9.17, 15) is 14.0 Å². The standard InChI is InChI=1S/C23H32FN5O2S/c1-3-5-18(25-17-8-6-16(24)7-9-17)14-29(4-2)22-26-19-10-13-32(31)20(19)21(27-22)28-23(15-30)11-12-23/h6-9,18,25,30H,3-5,10-15H2,1-2H3,(H,26,27,28). The number of fused-ring (bicyclic) bond motifs is 1. The molecule has 0 spiro atoms. The van der Waals surface area contributed by atoms with Gasteiger partial charge in [0.1, 0.15) is 17.3 Å². The third-order valence-electron chi connectivity index (χ3n) is 6.17. The first-order valence-corrected chi connectivity index (χ1v) is 12.7. The lowest BCUT2D eigenvalue weighted by molar-refractivity contribution is 0.265. The summed E-state index contributed by atoms with van der Waals surface area (Å²) in [6, 6.07) is 6.56. The summed E-state index contributed by atoms with van der Waals surface area (Å²) in [6.45, 7) is 5.65. The van der Waals surface area contributed by atoms with Crippen molar-refractivity contribution in [1.82, 2.24) is 9.97 Å². The lowest BCUT2D eigenvalue weighted by atomic mass is 10.1. The van der Waals surface area contributed by atoms with Crippen molar-refractivity contribution < 1.29 is 14.0 Å². The number of aromatic nitrogens is 2. The minimum atomic E-state index is -1.11. The van der Waals surface area contributed by atoms with Crippen LogP contribution in [0.4, 0.5) is 21.8 Å². The molecule has 1 aromatic heterocycles. The zero-order valence-electron chi connectivity index (χ0n) is 18.7. The molecule has 2 aliphatic rings. The molecule has 7 nitrogen and oxygen atoms in total. The molecule has 2 aromatic rings. The molecule has 0 saturated heterocycles. The molecule has 2 heterocycles. The number of likely N-dealkylation sites (N-methyl/N-ethyl adjacent to an activating group) is 1. The first-order chi connectivity index (χ1) is 15.5. The van der Waals surface area contributed by atoms with E-state index in [1.54, 1.807) is 12.1 Å². The number of aliphatic hydroxyl groups excluding tert-OH is 1. The molecule has 0 bridgehead atoms. The van der Waals surface area contributed by atoms with Crippen molar-refractivity contribution in [3.8, 4) is 0 Å². The molecule has 4 rings (SSSR count). The molecule has 1 saturated carbocycles. The maximum atomic E-state index is 13.3. The predicted molar refractivity (Wildman–Crippen MR) is 126 cm³/mol. The molecule has 174 valence electrons. The Balaban J connectivity index is 1.57. The summed E-state index contributed by atoms with van der Waals surface area (Å²) in [5.74, 6) is 1.52. The summed E-state index contributed by atoms with van der Waals surface area (Å²) in [6.07, 6.45) is 4.37. The van der Waals surface area contributed by atoms with Gasteiger partial charge in [-0.05, 0) is 61.6 Å². The highest BCUT2D eigenvalue weighted by atomic mass is 32.2. The maximum absolute atomic E-state index is 13.3. The number of anilines is 3. The Kier molecular flexibility index (Phi) is 7.07. The fraction of sp³-hybridized carbons (Fsp3) is 0.565. The molecule has 0 radical (unpaired) electrons. The van der Waals surface area contributed by atoms with Gasteiger partial charge in [0.15, 0.2) is 5.82 Å². The molecular weight excluding hydrogens is 429 g/mol. The summed E-state index contributed by atoms with van der Waals surface area (Å²) in [4.78, 5) is 12.4. The quantitative estimate of drug-likeness (QED) is 0.442. The zero-order valence-corrected chi connectivity index (χ0v) is 19.6. The summed E-state index contributed by atoms with van der Waals surface area (Å²) in [7, 11) is 0. The molecule has 1 aliphatic carbocycles. The van der Waals surface area contributed by atoms with Crippen LogP contribution in [0, 0.1) is 5.82 Å². The minimum absolute atomic E-state index is 0.0331. The zero-order chi connectivity index (χ0) is 22.7. The van der Waals surface area contributed by atoms with E-state index in [-0.39, 0.29) is 24.0 Å². The monoisotopic (exact) mass is 461 g/mol. The Hall–Kier alpha value is -2.10. The van der Waals surface area contributed by atoms with Crippen molar-refractivity contribution in [3.05, 3.63) is 35.8 Å². The van der Waals surface area contributed by atoms with E-state index in [1.807, 2.05) is 0 Å². The number of nitrogens with zero attached hydrogens (tertiary/aromatic N) is 3. The molecule has 2 unspecified atom stereocenters. The van der Waals surface area contributed by atoms with Crippen molar-refractivity contribution in [2.24, 2.45) is 0 Å². The number of aryl methyl sites for hydroxylation is 1. The maximum Gasteiger partial charge on any atom is 0.227 e. The van der Waals surface area contributed by atoms with Crippen molar-refractivity contribution in [2.45, 2.75) is 62.4 Å². The first-order valence-electron chi connectivity index (χ1n) is 11.4. The summed E-state index contributed by atoms with van der Waals surface area (Å²) in [5.41, 5.74) is 1.37. The van der Waals surface area contributed by atoms with Gasteiger partial charge in [-0.25, -0.2) is 9.37 Å². The topological polar surface area (TPSA) is 96.4 Å². The Labute approximate surface area is 192 Å². The molecule has 1 fully saturated rings. The Morgan fingerprint density at radius 1 is 1.25 bits per heavy atom. The van der Waals surface area contributed by atoms with Crippen LogP contribution in [0.1, 0.15) is 45.2 Å². The molecule has 1 aliphatic heterocycles. The second-order valence-corrected chi connectivity index (χ2v) is 10.2. The highest BCUT2D eigenvalue weighted by molar-refractivity contribution is 7.91. The van der Waals surface area contributed by atoms with Crippen LogP contribution in [-0.4, -0.2) is 56.7 Å². The van der Waals surface area contributed by atoms with Gasteiger partial charge in [0.2, 0.25) is 10.8 Å².